The molecule has 0 radical (unpaired) electrons. The smallest absolute Gasteiger partial charge is 0.414 e. The molecule has 6 rings (SSSR count). The summed E-state index contributed by atoms with van der Waals surface area (Å²) in [6.07, 6.45) is 0.913. The van der Waals surface area contributed by atoms with Gasteiger partial charge in [-0.05, 0) is 38.1 Å². The molecule has 40 heavy (non-hydrogen) atoms. The Morgan fingerprint density at radius 2 is 1.05 bits per heavy atom. The number of aliphatic carboxylic acids is 2. The van der Waals surface area contributed by atoms with Crippen molar-refractivity contribution in [2.24, 2.45) is 0 Å². The molecule has 4 aliphatic heterocycles. The van der Waals surface area contributed by atoms with Gasteiger partial charge in [-0.1, -0.05) is 24.3 Å². The molecule has 2 fully saturated rings. The van der Waals surface area contributed by atoms with Gasteiger partial charge >= 0.3 is 11.9 Å². The lowest BCUT2D eigenvalue weighted by atomic mass is 10.1. The maximum Gasteiger partial charge on any atom is 0.414 e. The van der Waals surface area contributed by atoms with Gasteiger partial charge < -0.3 is 49.3 Å². The van der Waals surface area contributed by atoms with E-state index in [4.69, 9.17) is 48.2 Å². The van der Waals surface area contributed by atoms with Gasteiger partial charge in [-0.2, -0.15) is 0 Å². The van der Waals surface area contributed by atoms with Crippen LogP contribution in [0.5, 0.6) is 23.0 Å². The van der Waals surface area contributed by atoms with Gasteiger partial charge in [-0.25, -0.2) is 9.59 Å². The predicted octanol–water partition coefficient (Wildman–Crippen LogP) is 1.56. The molecule has 6 atom stereocenters. The van der Waals surface area contributed by atoms with Crippen molar-refractivity contribution in [1.82, 2.24) is 10.6 Å². The highest BCUT2D eigenvalue weighted by molar-refractivity contribution is 6.27. The lowest BCUT2D eigenvalue weighted by Gasteiger charge is -2.30. The molecular weight excluding hydrogens is 524 g/mol. The molecule has 2 aromatic rings. The SMILES string of the molecule is CC(NCC1CO1)C1COc2ccccc2O1.CC(NCC1CO1)C1COc2ccccc2O1.O=C(O)C(=O)O. The van der Waals surface area contributed by atoms with Gasteiger partial charge in [0.25, 0.3) is 0 Å². The summed E-state index contributed by atoms with van der Waals surface area (Å²) in [5, 5.41) is 21.6. The summed E-state index contributed by atoms with van der Waals surface area (Å²) in [5.41, 5.74) is 0. The summed E-state index contributed by atoms with van der Waals surface area (Å²) >= 11 is 0. The Morgan fingerprint density at radius 3 is 1.38 bits per heavy atom. The second-order valence-electron chi connectivity index (χ2n) is 9.74. The number of ether oxygens (including phenoxy) is 6. The highest BCUT2D eigenvalue weighted by atomic mass is 16.6. The fourth-order valence-electron chi connectivity index (χ4n) is 3.83. The third-order valence-electron chi connectivity index (χ3n) is 6.50. The van der Waals surface area contributed by atoms with Crippen LogP contribution < -0.4 is 29.6 Å². The minimum atomic E-state index is -1.82. The first-order valence-corrected chi connectivity index (χ1v) is 13.2. The van der Waals surface area contributed by atoms with Crippen LogP contribution in [0.3, 0.4) is 0 Å². The van der Waals surface area contributed by atoms with Gasteiger partial charge in [0.1, 0.15) is 25.4 Å². The minimum Gasteiger partial charge on any atom is -0.486 e. The standard InChI is InChI=1S/2C13H17NO3.C2H2O4/c2*1-9(14-6-10-7-15-10)13-8-16-11-4-2-3-5-12(11)17-13;3-1(4)2(5)6/h2*2-5,9-10,13-14H,6-8H2,1H3;(H,3,4)(H,5,6). The highest BCUT2D eigenvalue weighted by Gasteiger charge is 2.30. The molecule has 0 spiro atoms. The second-order valence-corrected chi connectivity index (χ2v) is 9.74. The fraction of sp³-hybridized carbons (Fsp3) is 0.500. The van der Waals surface area contributed by atoms with E-state index in [0.717, 1.165) is 49.3 Å². The molecule has 6 unspecified atom stereocenters. The number of benzene rings is 2. The summed E-state index contributed by atoms with van der Waals surface area (Å²) in [5.74, 6) is -0.312. The molecule has 2 saturated heterocycles. The molecule has 4 aliphatic rings. The third-order valence-corrected chi connectivity index (χ3v) is 6.50. The zero-order chi connectivity index (χ0) is 28.5. The first-order valence-electron chi connectivity index (χ1n) is 13.2. The van der Waals surface area contributed by atoms with Crippen molar-refractivity contribution in [3.8, 4) is 23.0 Å². The van der Waals surface area contributed by atoms with Crippen LogP contribution in [0.4, 0.5) is 0 Å². The van der Waals surface area contributed by atoms with Crippen LogP contribution >= 0.6 is 0 Å². The predicted molar refractivity (Wildman–Crippen MR) is 142 cm³/mol. The Morgan fingerprint density at radius 1 is 0.700 bits per heavy atom. The van der Waals surface area contributed by atoms with E-state index in [0.29, 0.717) is 25.4 Å². The monoisotopic (exact) mass is 560 g/mol. The van der Waals surface area contributed by atoms with Crippen molar-refractivity contribution in [3.05, 3.63) is 48.5 Å². The molecule has 4 N–H and O–H groups in total. The van der Waals surface area contributed by atoms with Gasteiger partial charge in [0.2, 0.25) is 0 Å². The molecule has 4 heterocycles. The van der Waals surface area contributed by atoms with Gasteiger partial charge in [0.15, 0.2) is 23.0 Å². The van der Waals surface area contributed by atoms with E-state index in [1.54, 1.807) is 0 Å². The summed E-state index contributed by atoms with van der Waals surface area (Å²) in [7, 11) is 0. The first kappa shape index (κ1) is 29.4. The largest absolute Gasteiger partial charge is 0.486 e. The Bertz CT molecular complexity index is 1040. The van der Waals surface area contributed by atoms with Crippen LogP contribution in [0.25, 0.3) is 0 Å². The van der Waals surface area contributed by atoms with E-state index in [1.165, 1.54) is 0 Å². The van der Waals surface area contributed by atoms with Crippen molar-refractivity contribution < 1.29 is 48.2 Å². The molecule has 0 amide bonds. The number of rotatable bonds is 8. The van der Waals surface area contributed by atoms with Crippen LogP contribution in [0.2, 0.25) is 0 Å². The summed E-state index contributed by atoms with van der Waals surface area (Å²) in [6.45, 7) is 8.96. The third kappa shape index (κ3) is 9.26. The number of fused-ring (bicyclic) bond motifs is 2. The number of nitrogens with one attached hydrogen (secondary N) is 2. The van der Waals surface area contributed by atoms with Crippen LogP contribution in [0.15, 0.2) is 48.5 Å². The summed E-state index contributed by atoms with van der Waals surface area (Å²) < 4.78 is 33.5. The highest BCUT2D eigenvalue weighted by Crippen LogP contribution is 2.32. The topological polar surface area (TPSA) is 161 Å². The average molecular weight is 561 g/mol. The molecule has 12 heteroatoms. The van der Waals surface area contributed by atoms with Gasteiger partial charge in [-0.15, -0.1) is 0 Å². The summed E-state index contributed by atoms with van der Waals surface area (Å²) in [6, 6.07) is 16.1. The lowest BCUT2D eigenvalue weighted by Crippen LogP contribution is -2.47. The average Bonchev–Trinajstić information content (AvgIpc) is 3.90. The molecule has 12 nitrogen and oxygen atoms in total. The quantitative estimate of drug-likeness (QED) is 0.273. The van der Waals surface area contributed by atoms with Crippen LogP contribution in [-0.2, 0) is 19.1 Å². The maximum atomic E-state index is 9.10. The fourth-order valence-corrected chi connectivity index (χ4v) is 3.83. The number of carboxylic acid groups (broad SMARTS) is 2. The van der Waals surface area contributed by atoms with Crippen LogP contribution in [0.1, 0.15) is 13.8 Å². The van der Waals surface area contributed by atoms with E-state index < -0.39 is 11.9 Å². The molecule has 2 aromatic carbocycles. The molecule has 0 saturated carbocycles. The number of carboxylic acids is 2. The van der Waals surface area contributed by atoms with Crippen molar-refractivity contribution in [2.45, 2.75) is 50.3 Å². The number of epoxide rings is 2. The number of carbonyl (C=O) groups is 2. The van der Waals surface area contributed by atoms with Crippen LogP contribution in [-0.4, -0.2) is 98.2 Å². The second kappa shape index (κ2) is 14.2. The van der Waals surface area contributed by atoms with E-state index in [1.807, 2.05) is 48.5 Å². The van der Waals surface area contributed by atoms with Gasteiger partial charge in [-0.3, -0.25) is 0 Å². The molecule has 218 valence electrons. The molecule has 0 aromatic heterocycles. The molecule has 0 aliphatic carbocycles. The minimum absolute atomic E-state index is 0.0589. The Labute approximate surface area is 232 Å². The van der Waals surface area contributed by atoms with Crippen molar-refractivity contribution in [3.63, 3.8) is 0 Å². The zero-order valence-electron chi connectivity index (χ0n) is 22.5. The van der Waals surface area contributed by atoms with E-state index >= 15 is 0 Å². The van der Waals surface area contributed by atoms with E-state index in [9.17, 15) is 0 Å². The number of hydrogen-bond donors (Lipinski definition) is 4. The number of hydrogen-bond acceptors (Lipinski definition) is 10. The molecular formula is C28H36N2O10. The van der Waals surface area contributed by atoms with Crippen molar-refractivity contribution in [1.29, 1.82) is 0 Å². The van der Waals surface area contributed by atoms with Crippen molar-refractivity contribution >= 4 is 11.9 Å². The summed E-state index contributed by atoms with van der Waals surface area (Å²) in [4.78, 5) is 18.2. The Hall–Kier alpha value is -3.58. The lowest BCUT2D eigenvalue weighted by molar-refractivity contribution is -0.159. The maximum absolute atomic E-state index is 9.10. The van der Waals surface area contributed by atoms with Crippen molar-refractivity contribution in [2.75, 3.05) is 39.5 Å². The van der Waals surface area contributed by atoms with Gasteiger partial charge in [0.05, 0.1) is 25.4 Å². The zero-order valence-corrected chi connectivity index (χ0v) is 22.5. The first-order chi connectivity index (χ1) is 19.3. The van der Waals surface area contributed by atoms with E-state index in [-0.39, 0.29) is 24.3 Å². The molecule has 0 bridgehead atoms. The Balaban J connectivity index is 0.000000155. The number of para-hydroxylation sites is 4. The van der Waals surface area contributed by atoms with Gasteiger partial charge in [0, 0.05) is 25.2 Å². The Kier molecular flexibility index (Phi) is 10.4. The van der Waals surface area contributed by atoms with E-state index in [2.05, 4.69) is 24.5 Å². The van der Waals surface area contributed by atoms with Crippen LogP contribution in [0, 0.1) is 0 Å². The normalized spacial score (nSPS) is 24.6.